The molecule has 90 valence electrons. The molecule has 0 aliphatic carbocycles. The summed E-state index contributed by atoms with van der Waals surface area (Å²) in [7, 11) is 1.65. The minimum Gasteiger partial charge on any atom is -0.325 e. The topological polar surface area (TPSA) is 105 Å². The van der Waals surface area contributed by atoms with Crippen molar-refractivity contribution in [3.63, 3.8) is 0 Å². The van der Waals surface area contributed by atoms with Crippen LogP contribution in [0.2, 0.25) is 0 Å². The van der Waals surface area contributed by atoms with Crippen molar-refractivity contribution in [1.82, 2.24) is 30.0 Å². The summed E-state index contributed by atoms with van der Waals surface area (Å²) in [4.78, 5) is 12.0. The number of halogens is 1. The quantitative estimate of drug-likeness (QED) is 0.764. The Hall–Kier alpha value is -1.61. The number of carbonyl (C=O) groups excluding carboxylic acids is 1. The maximum absolute atomic E-state index is 12.0. The summed E-state index contributed by atoms with van der Waals surface area (Å²) in [6.45, 7) is 0.373. The molecule has 0 saturated heterocycles. The maximum atomic E-state index is 12.0. The van der Waals surface area contributed by atoms with E-state index in [0.717, 1.165) is 0 Å². The molecule has 0 aromatic carbocycles. The SMILES string of the molecule is Cn1nnc(Br)c1C(=O)Cn1cc(CN)nn1. The van der Waals surface area contributed by atoms with Crippen LogP contribution in [0.15, 0.2) is 10.8 Å². The Morgan fingerprint density at radius 1 is 1.47 bits per heavy atom. The van der Waals surface area contributed by atoms with Gasteiger partial charge in [0, 0.05) is 13.6 Å². The Morgan fingerprint density at radius 2 is 2.24 bits per heavy atom. The van der Waals surface area contributed by atoms with E-state index in [0.29, 0.717) is 22.5 Å². The van der Waals surface area contributed by atoms with Crippen molar-refractivity contribution in [1.29, 1.82) is 0 Å². The third-order valence-corrected chi connectivity index (χ3v) is 2.68. The first-order valence-electron chi connectivity index (χ1n) is 4.79. The third-order valence-electron chi connectivity index (χ3n) is 2.15. The Kier molecular flexibility index (Phi) is 3.29. The van der Waals surface area contributed by atoms with E-state index in [4.69, 9.17) is 5.73 Å². The predicted molar refractivity (Wildman–Crippen MR) is 60.9 cm³/mol. The highest BCUT2D eigenvalue weighted by Crippen LogP contribution is 2.12. The molecule has 0 aliphatic rings. The first-order valence-corrected chi connectivity index (χ1v) is 5.58. The van der Waals surface area contributed by atoms with E-state index in [1.165, 1.54) is 9.36 Å². The Labute approximate surface area is 105 Å². The lowest BCUT2D eigenvalue weighted by Crippen LogP contribution is -2.15. The summed E-state index contributed by atoms with van der Waals surface area (Å²) < 4.78 is 3.26. The molecular weight excluding hydrogens is 290 g/mol. The van der Waals surface area contributed by atoms with E-state index in [9.17, 15) is 4.79 Å². The van der Waals surface area contributed by atoms with Gasteiger partial charge >= 0.3 is 0 Å². The molecule has 2 heterocycles. The van der Waals surface area contributed by atoms with Crippen LogP contribution in [-0.2, 0) is 20.1 Å². The van der Waals surface area contributed by atoms with E-state index in [-0.39, 0.29) is 12.3 Å². The highest BCUT2D eigenvalue weighted by Gasteiger charge is 2.17. The van der Waals surface area contributed by atoms with Crippen molar-refractivity contribution in [2.45, 2.75) is 13.1 Å². The van der Waals surface area contributed by atoms with Gasteiger partial charge in [0.1, 0.15) is 12.2 Å². The summed E-state index contributed by atoms with van der Waals surface area (Å²) >= 11 is 3.17. The van der Waals surface area contributed by atoms with Gasteiger partial charge in [-0.05, 0) is 15.9 Å². The van der Waals surface area contributed by atoms with Gasteiger partial charge in [0.05, 0.1) is 11.9 Å². The number of carbonyl (C=O) groups is 1. The zero-order valence-electron chi connectivity index (χ0n) is 9.04. The van der Waals surface area contributed by atoms with Crippen LogP contribution in [-0.4, -0.2) is 35.8 Å². The third kappa shape index (κ3) is 2.39. The molecule has 2 N–H and O–H groups in total. The average Bonchev–Trinajstić information content (AvgIpc) is 2.86. The lowest BCUT2D eigenvalue weighted by Gasteiger charge is -2.00. The molecule has 0 saturated carbocycles. The van der Waals surface area contributed by atoms with Crippen LogP contribution in [0, 0.1) is 0 Å². The summed E-state index contributed by atoms with van der Waals surface area (Å²) in [6.07, 6.45) is 1.63. The van der Waals surface area contributed by atoms with Gasteiger partial charge in [0.25, 0.3) is 0 Å². The fourth-order valence-electron chi connectivity index (χ4n) is 1.36. The summed E-state index contributed by atoms with van der Waals surface area (Å²) in [6, 6.07) is 0. The van der Waals surface area contributed by atoms with Crippen molar-refractivity contribution in [3.05, 3.63) is 22.2 Å². The minimum absolute atomic E-state index is 0.0762. The number of aromatic nitrogens is 6. The number of ketones is 1. The molecule has 0 fully saturated rings. The van der Waals surface area contributed by atoms with Gasteiger partial charge in [0.2, 0.25) is 5.78 Å². The van der Waals surface area contributed by atoms with Crippen LogP contribution in [0.3, 0.4) is 0 Å². The molecular formula is C8H10BrN7O. The molecule has 0 aliphatic heterocycles. The van der Waals surface area contributed by atoms with Crippen LogP contribution in [0.1, 0.15) is 16.2 Å². The summed E-state index contributed by atoms with van der Waals surface area (Å²) in [5.41, 5.74) is 6.44. The summed E-state index contributed by atoms with van der Waals surface area (Å²) in [5.74, 6) is -0.155. The molecule has 0 spiro atoms. The Morgan fingerprint density at radius 3 is 2.76 bits per heavy atom. The second kappa shape index (κ2) is 4.72. The van der Waals surface area contributed by atoms with E-state index in [2.05, 4.69) is 36.6 Å². The van der Waals surface area contributed by atoms with Gasteiger partial charge in [-0.3, -0.25) is 4.79 Å². The number of hydrogen-bond acceptors (Lipinski definition) is 6. The summed E-state index contributed by atoms with van der Waals surface area (Å²) in [5, 5.41) is 15.1. The average molecular weight is 300 g/mol. The Balaban J connectivity index is 2.17. The standard InChI is InChI=1S/C8H10BrN7O/c1-15-7(8(9)12-13-15)6(17)4-16-3-5(2-10)11-14-16/h3H,2,4,10H2,1H3. The molecule has 0 atom stereocenters. The normalized spacial score (nSPS) is 10.8. The molecule has 8 nitrogen and oxygen atoms in total. The molecule has 0 unspecified atom stereocenters. The molecule has 17 heavy (non-hydrogen) atoms. The fraction of sp³-hybridized carbons (Fsp3) is 0.375. The fourth-order valence-corrected chi connectivity index (χ4v) is 1.91. The molecule has 0 radical (unpaired) electrons. The minimum atomic E-state index is -0.155. The first-order chi connectivity index (χ1) is 8.11. The van der Waals surface area contributed by atoms with Gasteiger partial charge in [-0.15, -0.1) is 10.2 Å². The van der Waals surface area contributed by atoms with Crippen LogP contribution in [0.5, 0.6) is 0 Å². The molecule has 0 bridgehead atoms. The van der Waals surface area contributed by atoms with Crippen molar-refractivity contribution >= 4 is 21.7 Å². The second-order valence-electron chi connectivity index (χ2n) is 3.39. The smallest absolute Gasteiger partial charge is 0.205 e. The van der Waals surface area contributed by atoms with E-state index < -0.39 is 0 Å². The highest BCUT2D eigenvalue weighted by atomic mass is 79.9. The number of hydrogen-bond donors (Lipinski definition) is 1. The molecule has 0 amide bonds. The number of rotatable bonds is 4. The van der Waals surface area contributed by atoms with Gasteiger partial charge in [-0.25, -0.2) is 9.36 Å². The van der Waals surface area contributed by atoms with Crippen LogP contribution < -0.4 is 5.73 Å². The molecule has 2 aromatic heterocycles. The first kappa shape index (κ1) is 11.9. The van der Waals surface area contributed by atoms with Crippen molar-refractivity contribution in [2.24, 2.45) is 12.8 Å². The van der Waals surface area contributed by atoms with Gasteiger partial charge in [-0.2, -0.15) is 0 Å². The van der Waals surface area contributed by atoms with E-state index in [1.54, 1.807) is 13.2 Å². The number of nitrogens with two attached hydrogens (primary N) is 1. The van der Waals surface area contributed by atoms with Crippen LogP contribution in [0.4, 0.5) is 0 Å². The van der Waals surface area contributed by atoms with Crippen molar-refractivity contribution in [3.8, 4) is 0 Å². The van der Waals surface area contributed by atoms with Crippen molar-refractivity contribution in [2.75, 3.05) is 0 Å². The van der Waals surface area contributed by atoms with Crippen molar-refractivity contribution < 1.29 is 4.79 Å². The highest BCUT2D eigenvalue weighted by molar-refractivity contribution is 9.10. The van der Waals surface area contributed by atoms with Gasteiger partial charge < -0.3 is 5.73 Å². The van der Waals surface area contributed by atoms with Gasteiger partial charge in [0.15, 0.2) is 4.60 Å². The number of Topliss-reactive ketones (excluding diaryl/α,β-unsaturated/α-hetero) is 1. The van der Waals surface area contributed by atoms with E-state index >= 15 is 0 Å². The zero-order chi connectivity index (χ0) is 12.4. The monoisotopic (exact) mass is 299 g/mol. The zero-order valence-corrected chi connectivity index (χ0v) is 10.6. The number of aryl methyl sites for hydroxylation is 1. The van der Waals surface area contributed by atoms with E-state index in [1.807, 2.05) is 0 Å². The lowest BCUT2D eigenvalue weighted by molar-refractivity contribution is 0.0957. The predicted octanol–water partition coefficient (Wildman–Crippen LogP) is -0.489. The second-order valence-corrected chi connectivity index (χ2v) is 4.14. The van der Waals surface area contributed by atoms with Gasteiger partial charge in [-0.1, -0.05) is 10.4 Å². The Bertz CT molecular complexity index is 526. The molecule has 2 aromatic rings. The lowest BCUT2D eigenvalue weighted by atomic mass is 10.3. The maximum Gasteiger partial charge on any atom is 0.205 e. The number of nitrogens with zero attached hydrogens (tertiary/aromatic N) is 6. The molecule has 9 heteroatoms. The molecule has 2 rings (SSSR count). The van der Waals surface area contributed by atoms with Crippen LogP contribution >= 0.6 is 15.9 Å². The largest absolute Gasteiger partial charge is 0.325 e. The van der Waals surface area contributed by atoms with Crippen LogP contribution in [0.25, 0.3) is 0 Å².